The summed E-state index contributed by atoms with van der Waals surface area (Å²) in [6.45, 7) is 4.16. The van der Waals surface area contributed by atoms with E-state index in [1.165, 1.54) is 103 Å². The van der Waals surface area contributed by atoms with E-state index in [9.17, 15) is 43.2 Å². The normalized spacial score (nSPS) is 11.9. The molecule has 94 heavy (non-hydrogen) atoms. The summed E-state index contributed by atoms with van der Waals surface area (Å²) in [6.07, 6.45) is 4.09. The summed E-state index contributed by atoms with van der Waals surface area (Å²) < 4.78 is 22.0. The van der Waals surface area contributed by atoms with Gasteiger partial charge >= 0.3 is 0 Å². The molecule has 0 aliphatic heterocycles. The van der Waals surface area contributed by atoms with Crippen LogP contribution in [0.4, 0.5) is 22.7 Å². The van der Waals surface area contributed by atoms with Gasteiger partial charge in [0, 0.05) is 68.2 Å². The third-order valence-electron chi connectivity index (χ3n) is 14.3. The Labute approximate surface area is 545 Å². The van der Waals surface area contributed by atoms with Crippen LogP contribution in [0.15, 0.2) is 87.8 Å². The molecule has 0 saturated carbocycles. The lowest BCUT2D eigenvalue weighted by atomic mass is 9.93. The molecule has 0 saturated heterocycles. The summed E-state index contributed by atoms with van der Waals surface area (Å²) in [5, 5.41) is 21.9. The Hall–Kier alpha value is -10.7. The Balaban J connectivity index is 1.55. The molecule has 510 valence electrons. The number of hydrogen-bond acceptors (Lipinski definition) is 17. The predicted octanol–water partition coefficient (Wildman–Crippen LogP) is 2.29. The van der Waals surface area contributed by atoms with Gasteiger partial charge in [-0.05, 0) is 150 Å². The van der Waals surface area contributed by atoms with Crippen LogP contribution >= 0.6 is 0 Å². The number of unbranched alkanes of at least 4 members (excludes halogenated alkanes) is 2. The highest BCUT2D eigenvalue weighted by Crippen LogP contribution is 2.30. The lowest BCUT2D eigenvalue weighted by Gasteiger charge is -2.21. The Kier molecular flexibility index (Phi) is 31.8. The number of ether oxygens (including phenoxy) is 4. The van der Waals surface area contributed by atoms with Gasteiger partial charge in [-0.25, -0.2) is 0 Å². The molecule has 4 aromatic carbocycles. The first-order valence-corrected chi connectivity index (χ1v) is 30.4. The second-order valence-electron chi connectivity index (χ2n) is 21.6. The molecule has 4 rings (SSSR count). The molecule has 0 aliphatic rings. The Morgan fingerprint density at radius 2 is 0.809 bits per heavy atom. The molecule has 4 aromatic rings. The summed E-state index contributed by atoms with van der Waals surface area (Å²) in [4.78, 5) is 135. The maximum atomic E-state index is 14.4. The van der Waals surface area contributed by atoms with Crippen LogP contribution in [-0.2, 0) is 24.0 Å². The van der Waals surface area contributed by atoms with E-state index in [2.05, 4.69) is 57.5 Å². The van der Waals surface area contributed by atoms with Crippen LogP contribution in [0.2, 0.25) is 0 Å². The van der Waals surface area contributed by atoms with Crippen LogP contribution in [0, 0.1) is 5.92 Å². The molecule has 0 aromatic heterocycles. The molecule has 8 amide bonds. The van der Waals surface area contributed by atoms with Crippen molar-refractivity contribution in [1.82, 2.24) is 21.3 Å². The minimum atomic E-state index is -1.27. The number of hydrogen-bond donors (Lipinski definition) is 15. The van der Waals surface area contributed by atoms with E-state index in [0.29, 0.717) is 37.4 Å². The molecule has 0 bridgehead atoms. The molecule has 4 unspecified atom stereocenters. The molecule has 0 spiro atoms. The highest BCUT2D eigenvalue weighted by Gasteiger charge is 2.28. The maximum Gasteiger partial charge on any atom is 0.255 e. The molecule has 0 radical (unpaired) electrons. The first-order valence-electron chi connectivity index (χ1n) is 30.4. The fraction of sp³-hybridized carbons (Fsp3) is 0.429. The second-order valence-corrected chi connectivity index (χ2v) is 21.6. The quantitative estimate of drug-likeness (QED) is 0.0131. The largest absolute Gasteiger partial charge is 0.496 e. The van der Waals surface area contributed by atoms with Crippen LogP contribution in [0.25, 0.3) is 0 Å². The Morgan fingerprint density at radius 3 is 1.21 bits per heavy atom. The van der Waals surface area contributed by atoms with Crippen LogP contribution in [-0.4, -0.2) is 150 Å². The van der Waals surface area contributed by atoms with Crippen LogP contribution in [0.1, 0.15) is 132 Å². The van der Waals surface area contributed by atoms with Gasteiger partial charge in [-0.15, -0.1) is 0 Å². The van der Waals surface area contributed by atoms with Crippen molar-refractivity contribution >= 4 is 93.7 Å². The lowest BCUT2D eigenvalue weighted by molar-refractivity contribution is -0.124. The number of benzene rings is 4. The van der Waals surface area contributed by atoms with E-state index in [-0.39, 0.29) is 157 Å². The average molecular weight is 1310 g/mol. The van der Waals surface area contributed by atoms with Crippen LogP contribution in [0.5, 0.6) is 23.0 Å². The number of carbonyl (C=O) groups excluding carboxylic acids is 9. The second kappa shape index (κ2) is 39.5. The van der Waals surface area contributed by atoms with Gasteiger partial charge in [0.25, 0.3) is 17.7 Å². The SMILES string of the molecule is COc1ccc(NC(=O)C(CCCN=C(N)N)NC(=O)c2cc(NC(=O)C(CCCN=C(N)N)NC(=O)c3cc(NC(=O)C(C)NC(C)=O)ccc3OC)ccc2OC)cc1C(=O)CCCC(CCCN=C(N)N)C(=O)Nc1ccc(OC)c(C(=O)NCCCCCN)c1. The van der Waals surface area contributed by atoms with E-state index in [1.807, 2.05) is 0 Å². The lowest BCUT2D eigenvalue weighted by Crippen LogP contribution is -2.44. The zero-order valence-corrected chi connectivity index (χ0v) is 53.9. The van der Waals surface area contributed by atoms with Gasteiger partial charge in [0.2, 0.25) is 29.5 Å². The number of rotatable bonds is 40. The summed E-state index contributed by atoms with van der Waals surface area (Å²) in [6, 6.07) is 14.2. The first-order chi connectivity index (χ1) is 44.9. The third-order valence-corrected chi connectivity index (χ3v) is 14.3. The summed E-state index contributed by atoms with van der Waals surface area (Å²) in [5.74, 6) is -5.53. The Morgan fingerprint density at radius 1 is 0.436 bits per heavy atom. The van der Waals surface area contributed by atoms with Crippen molar-refractivity contribution in [3.8, 4) is 23.0 Å². The number of guanidine groups is 3. The smallest absolute Gasteiger partial charge is 0.255 e. The number of nitrogens with zero attached hydrogens (tertiary/aromatic N) is 3. The van der Waals surface area contributed by atoms with Gasteiger partial charge in [-0.3, -0.25) is 58.1 Å². The van der Waals surface area contributed by atoms with Gasteiger partial charge < -0.3 is 102 Å². The van der Waals surface area contributed by atoms with Crippen molar-refractivity contribution < 1.29 is 62.1 Å². The molecule has 22 N–H and O–H groups in total. The number of Topliss-reactive ketones (excluding diaryl/α,β-unsaturated/α-hetero) is 1. The highest BCUT2D eigenvalue weighted by molar-refractivity contribution is 6.07. The standard InChI is InChI=1S/C63H90N18O13/c1-36(75-37(2)82)54(84)76-40-20-25-52(93-5)45(34-40)57(87)81-48(17-13-31-74-63(69)70)60(90)79-42-22-26-53(94-6)46(35-42)58(88)80-47(16-12-30-73-62(67)68)59(89)78-39-19-23-50(91-3)43(32-39)49(83)18-10-14-38(15-11-29-72-61(65)66)55(85)77-41-21-24-51(92-4)44(33-41)56(86)71-28-9-7-8-27-64/h19-26,32-36,38,47-48H,7-18,27-31,64H2,1-6H3,(H,71,86)(H,75,82)(H,76,84)(H,77,85)(H,78,89)(H,79,90)(H,80,88)(H,81,87)(H4,65,66,72)(H4,67,68,73)(H4,69,70,74). The number of amides is 8. The minimum absolute atomic E-state index is 0.00183. The molecular formula is C63H90N18O13. The monoisotopic (exact) mass is 1310 g/mol. The zero-order chi connectivity index (χ0) is 69.3. The number of carbonyl (C=O) groups is 9. The van der Waals surface area contributed by atoms with Gasteiger partial charge in [-0.2, -0.15) is 0 Å². The highest BCUT2D eigenvalue weighted by atomic mass is 16.5. The van der Waals surface area contributed by atoms with E-state index in [1.54, 1.807) is 12.1 Å². The zero-order valence-electron chi connectivity index (χ0n) is 53.9. The van der Waals surface area contributed by atoms with Crippen molar-refractivity contribution in [2.75, 3.05) is 82.4 Å². The van der Waals surface area contributed by atoms with Crippen molar-refractivity contribution in [3.63, 3.8) is 0 Å². The average Bonchev–Trinajstić information content (AvgIpc) is 0.863. The summed E-state index contributed by atoms with van der Waals surface area (Å²) in [7, 11) is 5.47. The maximum absolute atomic E-state index is 14.4. The van der Waals surface area contributed by atoms with E-state index in [0.717, 1.165) is 19.3 Å². The van der Waals surface area contributed by atoms with E-state index in [4.69, 9.17) is 59.1 Å². The molecule has 0 heterocycles. The van der Waals surface area contributed by atoms with Gasteiger partial charge in [0.15, 0.2) is 23.7 Å². The van der Waals surface area contributed by atoms with Crippen molar-refractivity contribution in [2.45, 2.75) is 109 Å². The first kappa shape index (κ1) is 75.7. The van der Waals surface area contributed by atoms with Crippen molar-refractivity contribution in [3.05, 3.63) is 95.1 Å². The number of ketones is 1. The number of methoxy groups -OCH3 is 4. The summed E-state index contributed by atoms with van der Waals surface area (Å²) >= 11 is 0. The van der Waals surface area contributed by atoms with Crippen molar-refractivity contribution in [2.24, 2.45) is 61.0 Å². The molecule has 0 fully saturated rings. The van der Waals surface area contributed by atoms with E-state index < -0.39 is 59.5 Å². The molecule has 31 heteroatoms. The van der Waals surface area contributed by atoms with Gasteiger partial charge in [0.1, 0.15) is 41.1 Å². The number of aliphatic imine (C=N–C) groups is 3. The van der Waals surface area contributed by atoms with Crippen LogP contribution < -0.4 is 102 Å². The summed E-state index contributed by atoms with van der Waals surface area (Å²) in [5.41, 5.74) is 39.9. The molecule has 0 aliphatic carbocycles. The fourth-order valence-electron chi connectivity index (χ4n) is 9.57. The van der Waals surface area contributed by atoms with Gasteiger partial charge in [0.05, 0.1) is 50.7 Å². The predicted molar refractivity (Wildman–Crippen MR) is 359 cm³/mol. The topological polar surface area (TPSA) is 506 Å². The third kappa shape index (κ3) is 25.5. The molecule has 31 nitrogen and oxygen atoms in total. The van der Waals surface area contributed by atoms with E-state index >= 15 is 0 Å². The minimum Gasteiger partial charge on any atom is -0.496 e. The van der Waals surface area contributed by atoms with Crippen LogP contribution in [0.3, 0.4) is 0 Å². The van der Waals surface area contributed by atoms with Gasteiger partial charge in [-0.1, -0.05) is 6.42 Å². The Bertz CT molecular complexity index is 3370. The molecular weight excluding hydrogens is 1220 g/mol. The number of anilines is 4. The molecule has 4 atom stereocenters. The fourth-order valence-corrected chi connectivity index (χ4v) is 9.57. The van der Waals surface area contributed by atoms with Crippen molar-refractivity contribution in [1.29, 1.82) is 0 Å². The number of nitrogens with one attached hydrogen (secondary N) is 8. The number of nitrogens with two attached hydrogens (primary N) is 7.